The van der Waals surface area contributed by atoms with Crippen LogP contribution in [-0.2, 0) is 14.4 Å². The van der Waals surface area contributed by atoms with Crippen LogP contribution < -0.4 is 0 Å². The average molecular weight is 251 g/mol. The van der Waals surface area contributed by atoms with Gasteiger partial charge in [0.25, 0.3) is 0 Å². The fourth-order valence-electron chi connectivity index (χ4n) is 1.88. The molecule has 0 spiro atoms. The number of hydrogen-bond acceptors (Lipinski definition) is 5. The van der Waals surface area contributed by atoms with Crippen molar-refractivity contribution in [2.45, 2.75) is 31.9 Å². The van der Waals surface area contributed by atoms with Crippen molar-refractivity contribution in [1.29, 1.82) is 0 Å². The molecule has 18 heavy (non-hydrogen) atoms. The maximum absolute atomic E-state index is 11.8. The summed E-state index contributed by atoms with van der Waals surface area (Å²) in [6, 6.07) is -1.09. The number of hydrogen-bond donors (Lipinski definition) is 1. The van der Waals surface area contributed by atoms with E-state index in [1.54, 1.807) is 6.92 Å². The lowest BCUT2D eigenvalue weighted by Gasteiger charge is -2.34. The van der Waals surface area contributed by atoms with Gasteiger partial charge in [0.1, 0.15) is 0 Å². The number of allylic oxidation sites excluding steroid dienone is 1. The first-order valence-corrected chi connectivity index (χ1v) is 5.52. The molecule has 98 valence electrons. The molecule has 0 heterocycles. The number of ketones is 2. The van der Waals surface area contributed by atoms with E-state index in [9.17, 15) is 19.5 Å². The summed E-state index contributed by atoms with van der Waals surface area (Å²) in [7, 11) is 0. The maximum Gasteiger partial charge on any atom is 0.235 e. The summed E-state index contributed by atoms with van der Waals surface area (Å²) in [6.45, 7) is 9.62. The van der Waals surface area contributed by atoms with Crippen molar-refractivity contribution in [2.75, 3.05) is 0 Å². The van der Waals surface area contributed by atoms with E-state index in [1.807, 2.05) is 0 Å². The lowest BCUT2D eigenvalue weighted by Crippen LogP contribution is -2.55. The molecule has 3 atom stereocenters. The van der Waals surface area contributed by atoms with E-state index in [0.29, 0.717) is 0 Å². The average Bonchev–Trinajstić information content (AvgIpc) is 2.37. The number of aliphatic imine (C=N–C) groups is 1. The summed E-state index contributed by atoms with van der Waals surface area (Å²) in [5.74, 6) is -2.26. The van der Waals surface area contributed by atoms with Crippen LogP contribution in [0, 0.1) is 5.92 Å². The second kappa shape index (κ2) is 6.79. The lowest BCUT2D eigenvalue weighted by atomic mass is 9.75. The highest BCUT2D eigenvalue weighted by Gasteiger charge is 2.48. The smallest absolute Gasteiger partial charge is 0.235 e. The Hall–Kier alpha value is -1.84. The number of carbonyl (C=O) groups is 2. The minimum atomic E-state index is -2.10. The van der Waals surface area contributed by atoms with Crippen molar-refractivity contribution in [3.63, 3.8) is 0 Å². The van der Waals surface area contributed by atoms with Gasteiger partial charge < -0.3 is 5.11 Å². The Bertz CT molecular complexity index is 409. The number of rotatable bonds is 8. The van der Waals surface area contributed by atoms with Gasteiger partial charge in [-0.25, -0.2) is 4.79 Å². The molecular weight excluding hydrogens is 234 g/mol. The SMILES string of the molecule is C=CC(=O)C(CC)C(O)(C(=O)C=C)C(C)N=C=O. The van der Waals surface area contributed by atoms with E-state index in [-0.39, 0.29) is 6.42 Å². The molecule has 0 aromatic carbocycles. The first-order chi connectivity index (χ1) is 8.39. The standard InChI is InChI=1S/C13H17NO4/c1-5-10(11(16)6-2)13(18,12(17)7-3)9(4)14-8-15/h6-7,9-10,18H,2-3,5H2,1,4H3. The minimum absolute atomic E-state index is 0.208. The highest BCUT2D eigenvalue weighted by molar-refractivity contribution is 6.03. The van der Waals surface area contributed by atoms with Gasteiger partial charge in [-0.2, -0.15) is 4.99 Å². The predicted molar refractivity (Wildman–Crippen MR) is 66.7 cm³/mol. The largest absolute Gasteiger partial charge is 0.379 e. The quantitative estimate of drug-likeness (QED) is 0.396. The zero-order valence-electron chi connectivity index (χ0n) is 10.5. The van der Waals surface area contributed by atoms with Gasteiger partial charge in [0.2, 0.25) is 6.08 Å². The third kappa shape index (κ3) is 2.88. The Balaban J connectivity index is 5.78. The topological polar surface area (TPSA) is 83.8 Å². The first kappa shape index (κ1) is 16.2. The van der Waals surface area contributed by atoms with Crippen LogP contribution in [0.5, 0.6) is 0 Å². The van der Waals surface area contributed by atoms with Crippen molar-refractivity contribution >= 4 is 17.6 Å². The second-order valence-corrected chi connectivity index (χ2v) is 3.86. The Kier molecular flexibility index (Phi) is 6.09. The number of isocyanates is 1. The van der Waals surface area contributed by atoms with Crippen LogP contribution in [0.25, 0.3) is 0 Å². The minimum Gasteiger partial charge on any atom is -0.379 e. The Morgan fingerprint density at radius 1 is 1.44 bits per heavy atom. The summed E-state index contributed by atoms with van der Waals surface area (Å²) < 4.78 is 0. The molecule has 0 aliphatic heterocycles. The van der Waals surface area contributed by atoms with Crippen LogP contribution in [0.4, 0.5) is 0 Å². The van der Waals surface area contributed by atoms with Crippen LogP contribution in [-0.4, -0.2) is 34.4 Å². The van der Waals surface area contributed by atoms with Gasteiger partial charge in [0.15, 0.2) is 17.2 Å². The molecule has 0 saturated carbocycles. The first-order valence-electron chi connectivity index (χ1n) is 5.52. The Labute approximate surface area is 106 Å². The predicted octanol–water partition coefficient (Wildman–Crippen LogP) is 0.978. The molecular formula is C13H17NO4. The molecule has 5 nitrogen and oxygen atoms in total. The van der Waals surface area contributed by atoms with Gasteiger partial charge in [-0.15, -0.1) is 0 Å². The summed E-state index contributed by atoms with van der Waals surface area (Å²) in [5.41, 5.74) is -2.10. The van der Waals surface area contributed by atoms with E-state index in [0.717, 1.165) is 12.2 Å². The highest BCUT2D eigenvalue weighted by atomic mass is 16.3. The van der Waals surface area contributed by atoms with Crippen molar-refractivity contribution < 1.29 is 19.5 Å². The van der Waals surface area contributed by atoms with Crippen LogP contribution in [0.2, 0.25) is 0 Å². The zero-order chi connectivity index (χ0) is 14.3. The summed E-state index contributed by atoms with van der Waals surface area (Å²) in [4.78, 5) is 37.2. The van der Waals surface area contributed by atoms with E-state index < -0.39 is 29.1 Å². The molecule has 0 fully saturated rings. The Morgan fingerprint density at radius 2 is 2.00 bits per heavy atom. The zero-order valence-corrected chi connectivity index (χ0v) is 10.5. The van der Waals surface area contributed by atoms with Crippen molar-refractivity contribution in [3.05, 3.63) is 25.3 Å². The fraction of sp³-hybridized carbons (Fsp3) is 0.462. The molecule has 0 radical (unpaired) electrons. The molecule has 0 aliphatic carbocycles. The van der Waals surface area contributed by atoms with E-state index in [1.165, 1.54) is 13.0 Å². The van der Waals surface area contributed by atoms with Gasteiger partial charge in [0, 0.05) is 0 Å². The maximum atomic E-state index is 11.8. The molecule has 0 aliphatic rings. The van der Waals surface area contributed by atoms with Crippen molar-refractivity contribution in [2.24, 2.45) is 10.9 Å². The van der Waals surface area contributed by atoms with Crippen LogP contribution in [0.3, 0.4) is 0 Å². The van der Waals surface area contributed by atoms with Gasteiger partial charge in [-0.05, 0) is 25.5 Å². The normalized spacial score (nSPS) is 16.6. The third-order valence-corrected chi connectivity index (χ3v) is 2.95. The monoisotopic (exact) mass is 251 g/mol. The lowest BCUT2D eigenvalue weighted by molar-refractivity contribution is -0.147. The van der Waals surface area contributed by atoms with Gasteiger partial charge in [-0.3, -0.25) is 9.59 Å². The van der Waals surface area contributed by atoms with Crippen LogP contribution in [0.15, 0.2) is 30.3 Å². The molecule has 0 rings (SSSR count). The van der Waals surface area contributed by atoms with Crippen LogP contribution >= 0.6 is 0 Å². The van der Waals surface area contributed by atoms with Gasteiger partial charge >= 0.3 is 0 Å². The highest BCUT2D eigenvalue weighted by Crippen LogP contribution is 2.29. The number of carbonyl (C=O) groups excluding carboxylic acids is 3. The summed E-state index contributed by atoms with van der Waals surface area (Å²) >= 11 is 0. The fourth-order valence-corrected chi connectivity index (χ4v) is 1.88. The Morgan fingerprint density at radius 3 is 2.33 bits per heavy atom. The van der Waals surface area contributed by atoms with E-state index in [2.05, 4.69) is 18.2 Å². The summed E-state index contributed by atoms with van der Waals surface area (Å²) in [5, 5.41) is 10.5. The molecule has 3 unspecified atom stereocenters. The second-order valence-electron chi connectivity index (χ2n) is 3.86. The molecule has 1 N–H and O–H groups in total. The molecule has 0 aromatic heterocycles. The molecule has 5 heteroatoms. The van der Waals surface area contributed by atoms with Crippen LogP contribution in [0.1, 0.15) is 20.3 Å². The molecule has 0 amide bonds. The van der Waals surface area contributed by atoms with Crippen molar-refractivity contribution in [1.82, 2.24) is 0 Å². The third-order valence-electron chi connectivity index (χ3n) is 2.95. The number of nitrogens with zero attached hydrogens (tertiary/aromatic N) is 1. The number of aliphatic hydroxyl groups is 1. The van der Waals surface area contributed by atoms with E-state index in [4.69, 9.17) is 0 Å². The van der Waals surface area contributed by atoms with Gasteiger partial charge in [0.05, 0.1) is 12.0 Å². The molecule has 0 saturated heterocycles. The van der Waals surface area contributed by atoms with E-state index >= 15 is 0 Å². The summed E-state index contributed by atoms with van der Waals surface area (Å²) in [6.07, 6.45) is 3.43. The molecule has 0 bridgehead atoms. The molecule has 0 aromatic rings. The van der Waals surface area contributed by atoms with Gasteiger partial charge in [-0.1, -0.05) is 20.1 Å². The van der Waals surface area contributed by atoms with Crippen molar-refractivity contribution in [3.8, 4) is 0 Å².